The van der Waals surface area contributed by atoms with Gasteiger partial charge in [0.2, 0.25) is 0 Å². The number of Topliss-reactive ketones (excluding diaryl/α,β-unsaturated/α-hetero) is 2. The van der Waals surface area contributed by atoms with E-state index in [-0.39, 0.29) is 22.8 Å². The van der Waals surface area contributed by atoms with Gasteiger partial charge in [0.15, 0.2) is 11.6 Å². The Labute approximate surface area is 210 Å². The van der Waals surface area contributed by atoms with E-state index < -0.39 is 0 Å². The molecule has 5 rings (SSSR count). The standard InChI is InChI=1S/C32H27FO3/c1-4-14-32(15-16-32)19-28(35)23-7-6-20(3)25(18-23)22-10-13-29-26(17-22)30(27(34)5-2)31(36-29)21-8-11-24(33)12-9-21/h1,6-13,17-18H,5,14-16,19H2,2-3H3. The first kappa shape index (κ1) is 23.8. The van der Waals surface area contributed by atoms with E-state index in [1.165, 1.54) is 12.1 Å². The molecule has 1 fully saturated rings. The van der Waals surface area contributed by atoms with E-state index in [0.29, 0.717) is 52.7 Å². The molecule has 3 nitrogen and oxygen atoms in total. The second-order valence-corrected chi connectivity index (χ2v) is 9.81. The van der Waals surface area contributed by atoms with Crippen LogP contribution in [0.25, 0.3) is 33.4 Å². The van der Waals surface area contributed by atoms with E-state index in [1.807, 2.05) is 50.2 Å². The van der Waals surface area contributed by atoms with Gasteiger partial charge < -0.3 is 4.42 Å². The first-order valence-corrected chi connectivity index (χ1v) is 12.3. The molecule has 0 bridgehead atoms. The summed E-state index contributed by atoms with van der Waals surface area (Å²) in [5, 5.41) is 0.709. The maximum Gasteiger partial charge on any atom is 0.167 e. The van der Waals surface area contributed by atoms with Crippen LogP contribution in [0, 0.1) is 30.5 Å². The fourth-order valence-corrected chi connectivity index (χ4v) is 4.88. The number of hydrogen-bond acceptors (Lipinski definition) is 3. The average molecular weight is 479 g/mol. The number of ketones is 2. The van der Waals surface area contributed by atoms with Crippen molar-refractivity contribution in [3.05, 3.63) is 83.2 Å². The third-order valence-electron chi connectivity index (χ3n) is 7.23. The van der Waals surface area contributed by atoms with Crippen molar-refractivity contribution in [2.45, 2.75) is 46.0 Å². The van der Waals surface area contributed by atoms with Gasteiger partial charge in [-0.15, -0.1) is 12.3 Å². The number of hydrogen-bond donors (Lipinski definition) is 0. The number of carbonyl (C=O) groups excluding carboxylic acids is 2. The van der Waals surface area contributed by atoms with Gasteiger partial charge >= 0.3 is 0 Å². The monoisotopic (exact) mass is 478 g/mol. The lowest BCUT2D eigenvalue weighted by Crippen LogP contribution is -2.09. The lowest BCUT2D eigenvalue weighted by Gasteiger charge is -2.13. The number of carbonyl (C=O) groups is 2. The molecule has 1 saturated carbocycles. The zero-order chi connectivity index (χ0) is 25.4. The summed E-state index contributed by atoms with van der Waals surface area (Å²) in [4.78, 5) is 26.1. The highest BCUT2D eigenvalue weighted by molar-refractivity contribution is 6.12. The topological polar surface area (TPSA) is 47.3 Å². The number of benzene rings is 3. The minimum absolute atomic E-state index is 0.0290. The molecule has 180 valence electrons. The molecular weight excluding hydrogens is 451 g/mol. The molecule has 0 unspecified atom stereocenters. The zero-order valence-corrected chi connectivity index (χ0v) is 20.5. The summed E-state index contributed by atoms with van der Waals surface area (Å²) in [7, 11) is 0. The highest BCUT2D eigenvalue weighted by Gasteiger charge is 2.43. The van der Waals surface area contributed by atoms with Gasteiger partial charge in [-0.2, -0.15) is 0 Å². The van der Waals surface area contributed by atoms with Crippen LogP contribution in [0.1, 0.15) is 65.3 Å². The van der Waals surface area contributed by atoms with Gasteiger partial charge in [-0.3, -0.25) is 9.59 Å². The molecular formula is C32H27FO3. The predicted molar refractivity (Wildman–Crippen MR) is 140 cm³/mol. The van der Waals surface area contributed by atoms with Crippen molar-refractivity contribution in [1.29, 1.82) is 0 Å². The number of rotatable bonds is 8. The van der Waals surface area contributed by atoms with E-state index in [9.17, 15) is 14.0 Å². The fourth-order valence-electron chi connectivity index (χ4n) is 4.88. The Morgan fingerprint density at radius 1 is 1.00 bits per heavy atom. The zero-order valence-electron chi connectivity index (χ0n) is 20.5. The van der Waals surface area contributed by atoms with Crippen molar-refractivity contribution < 1.29 is 18.4 Å². The van der Waals surface area contributed by atoms with Crippen LogP contribution in [0.5, 0.6) is 0 Å². The molecule has 0 saturated heterocycles. The van der Waals surface area contributed by atoms with E-state index >= 15 is 0 Å². The van der Waals surface area contributed by atoms with Crippen molar-refractivity contribution >= 4 is 22.5 Å². The third kappa shape index (κ3) is 4.38. The van der Waals surface area contributed by atoms with Gasteiger partial charge in [-0.05, 0) is 84.3 Å². The predicted octanol–water partition coefficient (Wildman–Crippen LogP) is 8.18. The Hall–Kier alpha value is -3.97. The van der Waals surface area contributed by atoms with Crippen molar-refractivity contribution in [3.8, 4) is 34.8 Å². The summed E-state index contributed by atoms with van der Waals surface area (Å²) in [6.07, 6.45) is 8.94. The van der Waals surface area contributed by atoms with Gasteiger partial charge in [0.05, 0.1) is 5.56 Å². The van der Waals surface area contributed by atoms with Crippen molar-refractivity contribution in [2.24, 2.45) is 5.41 Å². The molecule has 1 aromatic heterocycles. The Balaban J connectivity index is 1.57. The summed E-state index contributed by atoms with van der Waals surface area (Å²) in [6.45, 7) is 3.82. The van der Waals surface area contributed by atoms with Crippen molar-refractivity contribution in [2.75, 3.05) is 0 Å². The largest absolute Gasteiger partial charge is 0.455 e. The molecule has 3 aromatic carbocycles. The maximum absolute atomic E-state index is 13.5. The Morgan fingerprint density at radius 2 is 1.72 bits per heavy atom. The minimum Gasteiger partial charge on any atom is -0.455 e. The number of terminal acetylenes is 1. The second kappa shape index (κ2) is 9.24. The molecule has 0 amide bonds. The fraction of sp³-hybridized carbons (Fsp3) is 0.250. The SMILES string of the molecule is C#CCC1(CC(=O)c2ccc(C)c(-c3ccc4oc(-c5ccc(F)cc5)c(C(=O)CC)c4c3)c2)CC1. The van der Waals surface area contributed by atoms with Crippen LogP contribution in [0.15, 0.2) is 65.1 Å². The summed E-state index contributed by atoms with van der Waals surface area (Å²) in [5.74, 6) is 2.87. The first-order chi connectivity index (χ1) is 17.3. The van der Waals surface area contributed by atoms with Crippen molar-refractivity contribution in [3.63, 3.8) is 0 Å². The average Bonchev–Trinajstić information content (AvgIpc) is 3.52. The molecule has 36 heavy (non-hydrogen) atoms. The molecule has 0 N–H and O–H groups in total. The van der Waals surface area contributed by atoms with E-state index in [1.54, 1.807) is 12.1 Å². The van der Waals surface area contributed by atoms with Crippen molar-refractivity contribution in [1.82, 2.24) is 0 Å². The van der Waals surface area contributed by atoms with E-state index in [2.05, 4.69) is 5.92 Å². The van der Waals surface area contributed by atoms with Gasteiger partial charge in [-0.25, -0.2) is 4.39 Å². The van der Waals surface area contributed by atoms with Gasteiger partial charge in [0.25, 0.3) is 0 Å². The van der Waals surface area contributed by atoms with Crippen LogP contribution in [-0.2, 0) is 0 Å². The number of furan rings is 1. The quantitative estimate of drug-likeness (QED) is 0.189. The molecule has 0 spiro atoms. The molecule has 1 aliphatic carbocycles. The van der Waals surface area contributed by atoms with Gasteiger partial charge in [-0.1, -0.05) is 25.1 Å². The minimum atomic E-state index is -0.350. The Kier molecular flexibility index (Phi) is 6.10. The summed E-state index contributed by atoms with van der Waals surface area (Å²) < 4.78 is 19.6. The highest BCUT2D eigenvalue weighted by atomic mass is 19.1. The molecule has 0 atom stereocenters. The number of fused-ring (bicyclic) bond motifs is 1. The van der Waals surface area contributed by atoms with Gasteiger partial charge in [0, 0.05) is 35.8 Å². The molecule has 1 heterocycles. The molecule has 1 aliphatic rings. The molecule has 4 aromatic rings. The summed E-state index contributed by atoms with van der Waals surface area (Å²) in [5.41, 5.74) is 5.24. The second-order valence-electron chi connectivity index (χ2n) is 9.81. The normalized spacial score (nSPS) is 13.9. The Morgan fingerprint density at radius 3 is 2.39 bits per heavy atom. The van der Waals surface area contributed by atoms with Crippen LogP contribution in [-0.4, -0.2) is 11.6 Å². The number of aryl methyl sites for hydroxylation is 1. The van der Waals surface area contributed by atoms with Crippen LogP contribution in [0.3, 0.4) is 0 Å². The lowest BCUT2D eigenvalue weighted by atomic mass is 9.90. The van der Waals surface area contributed by atoms with Gasteiger partial charge in [0.1, 0.15) is 17.2 Å². The Bertz CT molecular complexity index is 1530. The molecule has 0 radical (unpaired) electrons. The third-order valence-corrected chi connectivity index (χ3v) is 7.23. The van der Waals surface area contributed by atoms with Crippen LogP contribution in [0.2, 0.25) is 0 Å². The number of halogens is 1. The summed E-state index contributed by atoms with van der Waals surface area (Å²) in [6, 6.07) is 17.5. The molecule has 0 aliphatic heterocycles. The highest BCUT2D eigenvalue weighted by Crippen LogP contribution is 2.52. The summed E-state index contributed by atoms with van der Waals surface area (Å²) >= 11 is 0. The smallest absolute Gasteiger partial charge is 0.167 e. The first-order valence-electron chi connectivity index (χ1n) is 12.3. The van der Waals surface area contributed by atoms with Crippen LogP contribution >= 0.6 is 0 Å². The maximum atomic E-state index is 13.5. The van der Waals surface area contributed by atoms with E-state index in [0.717, 1.165) is 29.5 Å². The lowest BCUT2D eigenvalue weighted by molar-refractivity contribution is 0.0954. The van der Waals surface area contributed by atoms with E-state index in [4.69, 9.17) is 10.8 Å². The molecule has 4 heteroatoms. The van der Waals surface area contributed by atoms with Crippen LogP contribution < -0.4 is 0 Å². The van der Waals surface area contributed by atoms with Crippen LogP contribution in [0.4, 0.5) is 4.39 Å².